The van der Waals surface area contributed by atoms with Crippen molar-refractivity contribution >= 4 is 31.0 Å². The quantitative estimate of drug-likeness (QED) is 0.728. The van der Waals surface area contributed by atoms with Crippen LogP contribution in [0.2, 0.25) is 0 Å². The van der Waals surface area contributed by atoms with E-state index in [4.69, 9.17) is 4.42 Å². The molecule has 1 aromatic carbocycles. The van der Waals surface area contributed by atoms with Crippen LogP contribution in [-0.2, 0) is 26.9 Å². The lowest BCUT2D eigenvalue weighted by atomic mass is 10.2. The van der Waals surface area contributed by atoms with Crippen molar-refractivity contribution in [2.75, 3.05) is 18.8 Å². The molecule has 0 atom stereocenters. The zero-order valence-corrected chi connectivity index (χ0v) is 17.2. The van der Waals surface area contributed by atoms with Gasteiger partial charge in [0.05, 0.1) is 21.4 Å². The first-order valence-corrected chi connectivity index (χ1v) is 12.0. The summed E-state index contributed by atoms with van der Waals surface area (Å²) in [5, 5.41) is -0.497. The normalized spacial score (nSPS) is 17.8. The van der Waals surface area contributed by atoms with Crippen molar-refractivity contribution in [1.82, 2.24) is 8.87 Å². The SMILES string of the molecule is CC(C)CS(=O)(=O)C1CCN(S(=O)(=O)c2ccc3oc(=O)n(C)c3c2)CC1. The van der Waals surface area contributed by atoms with E-state index in [2.05, 4.69) is 0 Å². The van der Waals surface area contributed by atoms with Crippen LogP contribution >= 0.6 is 0 Å². The van der Waals surface area contributed by atoms with Crippen LogP contribution in [0.4, 0.5) is 0 Å². The molecule has 10 heteroatoms. The van der Waals surface area contributed by atoms with Crippen LogP contribution < -0.4 is 5.76 Å². The minimum absolute atomic E-state index is 0.0464. The van der Waals surface area contributed by atoms with Gasteiger partial charge in [0.2, 0.25) is 10.0 Å². The van der Waals surface area contributed by atoms with Crippen molar-refractivity contribution in [3.63, 3.8) is 0 Å². The number of aryl methyl sites for hydroxylation is 1. The third-order valence-corrected chi connectivity index (χ3v) is 9.39. The molecule has 1 aromatic heterocycles. The molecule has 1 fully saturated rings. The van der Waals surface area contributed by atoms with Gasteiger partial charge in [-0.3, -0.25) is 4.57 Å². The van der Waals surface area contributed by atoms with Crippen LogP contribution in [0.15, 0.2) is 32.3 Å². The average Bonchev–Trinajstić information content (AvgIpc) is 2.88. The third-order valence-electron chi connectivity index (χ3n) is 4.88. The van der Waals surface area contributed by atoms with Crippen LogP contribution in [0.5, 0.6) is 0 Å². The molecule has 8 nitrogen and oxygen atoms in total. The monoisotopic (exact) mass is 416 g/mol. The second kappa shape index (κ2) is 7.06. The molecule has 150 valence electrons. The number of sulfone groups is 1. The van der Waals surface area contributed by atoms with E-state index in [1.807, 2.05) is 13.8 Å². The van der Waals surface area contributed by atoms with Gasteiger partial charge in [0, 0.05) is 20.1 Å². The fourth-order valence-corrected chi connectivity index (χ4v) is 7.07. The molecule has 1 saturated heterocycles. The number of piperidine rings is 1. The minimum Gasteiger partial charge on any atom is -0.408 e. The van der Waals surface area contributed by atoms with E-state index < -0.39 is 30.9 Å². The molecule has 0 saturated carbocycles. The maximum absolute atomic E-state index is 12.9. The lowest BCUT2D eigenvalue weighted by Gasteiger charge is -2.31. The van der Waals surface area contributed by atoms with Gasteiger partial charge in [0.1, 0.15) is 0 Å². The number of hydrogen-bond donors (Lipinski definition) is 0. The molecule has 0 aliphatic carbocycles. The summed E-state index contributed by atoms with van der Waals surface area (Å²) in [6.07, 6.45) is 0.585. The predicted molar refractivity (Wildman–Crippen MR) is 102 cm³/mol. The summed E-state index contributed by atoms with van der Waals surface area (Å²) in [6.45, 7) is 4.03. The topological polar surface area (TPSA) is 107 Å². The number of aromatic nitrogens is 1. The molecule has 0 radical (unpaired) electrons. The first-order valence-electron chi connectivity index (χ1n) is 8.83. The number of sulfonamides is 1. The van der Waals surface area contributed by atoms with Gasteiger partial charge in [-0.1, -0.05) is 13.8 Å². The molecule has 0 spiro atoms. The molecule has 2 heterocycles. The summed E-state index contributed by atoms with van der Waals surface area (Å²) in [5.74, 6) is -0.392. The summed E-state index contributed by atoms with van der Waals surface area (Å²) in [5.41, 5.74) is 0.718. The summed E-state index contributed by atoms with van der Waals surface area (Å²) in [6, 6.07) is 4.28. The van der Waals surface area contributed by atoms with Crippen molar-refractivity contribution in [1.29, 1.82) is 0 Å². The van der Waals surface area contributed by atoms with Gasteiger partial charge in [0.25, 0.3) is 0 Å². The number of fused-ring (bicyclic) bond motifs is 1. The highest BCUT2D eigenvalue weighted by Crippen LogP contribution is 2.26. The molecule has 27 heavy (non-hydrogen) atoms. The summed E-state index contributed by atoms with van der Waals surface area (Å²) >= 11 is 0. The van der Waals surface area contributed by atoms with Crippen molar-refractivity contribution in [3.05, 3.63) is 28.7 Å². The fourth-order valence-electron chi connectivity index (χ4n) is 3.45. The molecule has 2 aromatic rings. The van der Waals surface area contributed by atoms with E-state index in [0.717, 1.165) is 0 Å². The zero-order valence-electron chi connectivity index (χ0n) is 15.6. The number of hydrogen-bond acceptors (Lipinski definition) is 6. The molecule has 0 bridgehead atoms. The maximum atomic E-state index is 12.9. The third kappa shape index (κ3) is 3.83. The lowest BCUT2D eigenvalue weighted by molar-refractivity contribution is 0.345. The second-order valence-electron chi connectivity index (χ2n) is 7.38. The number of nitrogens with zero attached hydrogens (tertiary/aromatic N) is 2. The molecule has 0 amide bonds. The van der Waals surface area contributed by atoms with E-state index in [1.165, 1.54) is 34.1 Å². The fraction of sp³-hybridized carbons (Fsp3) is 0.588. The van der Waals surface area contributed by atoms with Crippen LogP contribution in [-0.4, -0.2) is 49.8 Å². The highest BCUT2D eigenvalue weighted by atomic mass is 32.2. The van der Waals surface area contributed by atoms with Crippen LogP contribution in [0.3, 0.4) is 0 Å². The van der Waals surface area contributed by atoms with E-state index in [9.17, 15) is 21.6 Å². The highest BCUT2D eigenvalue weighted by molar-refractivity contribution is 7.92. The summed E-state index contributed by atoms with van der Waals surface area (Å²) < 4.78 is 58.3. The Hall–Kier alpha value is -1.65. The van der Waals surface area contributed by atoms with Crippen molar-refractivity contribution in [3.8, 4) is 0 Å². The van der Waals surface area contributed by atoms with Crippen molar-refractivity contribution < 1.29 is 21.3 Å². The average molecular weight is 417 g/mol. The van der Waals surface area contributed by atoms with Crippen molar-refractivity contribution in [2.24, 2.45) is 13.0 Å². The Kier molecular flexibility index (Phi) is 5.26. The molecule has 1 aliphatic heterocycles. The number of oxazole rings is 1. The van der Waals surface area contributed by atoms with E-state index in [0.29, 0.717) is 23.9 Å². The number of benzene rings is 1. The van der Waals surface area contributed by atoms with Crippen molar-refractivity contribution in [2.45, 2.75) is 36.8 Å². The Labute approximate surface area is 158 Å². The standard InChI is InChI=1S/C17H24N2O6S2/c1-12(2)11-26(21,22)13-6-8-19(9-7-13)27(23,24)14-4-5-16-15(10-14)18(3)17(20)25-16/h4-5,10,12-13H,6-9,11H2,1-3H3. The molecule has 3 rings (SSSR count). The Bertz CT molecular complexity index is 1100. The smallest absolute Gasteiger partial charge is 0.408 e. The van der Waals surface area contributed by atoms with Gasteiger partial charge in [-0.15, -0.1) is 0 Å². The second-order valence-corrected chi connectivity index (χ2v) is 11.6. The maximum Gasteiger partial charge on any atom is 0.419 e. The van der Waals surface area contributed by atoms with Gasteiger partial charge in [-0.05, 0) is 37.0 Å². The minimum atomic E-state index is -3.77. The van der Waals surface area contributed by atoms with Gasteiger partial charge in [-0.25, -0.2) is 21.6 Å². The Morgan fingerprint density at radius 2 is 1.78 bits per heavy atom. The molecule has 1 aliphatic rings. The molecule has 0 N–H and O–H groups in total. The Morgan fingerprint density at radius 1 is 1.15 bits per heavy atom. The Morgan fingerprint density at radius 3 is 2.37 bits per heavy atom. The highest BCUT2D eigenvalue weighted by Gasteiger charge is 2.35. The molecule has 0 unspecified atom stereocenters. The van der Waals surface area contributed by atoms with Crippen LogP contribution in [0.25, 0.3) is 11.1 Å². The van der Waals surface area contributed by atoms with E-state index >= 15 is 0 Å². The summed E-state index contributed by atoms with van der Waals surface area (Å²) in [7, 11) is -5.48. The zero-order chi connectivity index (χ0) is 20.0. The molecular formula is C17H24N2O6S2. The van der Waals surface area contributed by atoms with E-state index in [-0.39, 0.29) is 29.7 Å². The largest absolute Gasteiger partial charge is 0.419 e. The van der Waals surface area contributed by atoms with Crippen LogP contribution in [0.1, 0.15) is 26.7 Å². The first kappa shape index (κ1) is 20.1. The van der Waals surface area contributed by atoms with Gasteiger partial charge in [-0.2, -0.15) is 4.31 Å². The van der Waals surface area contributed by atoms with E-state index in [1.54, 1.807) is 0 Å². The first-order chi connectivity index (χ1) is 12.5. The predicted octanol–water partition coefficient (Wildman–Crippen LogP) is 1.36. The van der Waals surface area contributed by atoms with Gasteiger partial charge in [0.15, 0.2) is 15.4 Å². The molecular weight excluding hydrogens is 392 g/mol. The summed E-state index contributed by atoms with van der Waals surface area (Å²) in [4.78, 5) is 11.7. The van der Waals surface area contributed by atoms with Gasteiger partial charge < -0.3 is 4.42 Å². The lowest BCUT2D eigenvalue weighted by Crippen LogP contribution is -2.43. The Balaban J connectivity index is 1.81. The van der Waals surface area contributed by atoms with Gasteiger partial charge >= 0.3 is 5.76 Å². The van der Waals surface area contributed by atoms with Crippen LogP contribution in [0, 0.1) is 5.92 Å². The number of rotatable bonds is 5.